The van der Waals surface area contributed by atoms with Gasteiger partial charge in [0.05, 0.1) is 34.4 Å². The molecule has 1 rings (SSSR count). The largest absolute Gasteiger partial charge is 0.472 e. The van der Waals surface area contributed by atoms with Gasteiger partial charge in [-0.05, 0) is 12.8 Å². The number of ether oxygens (including phenoxy) is 4. The third-order valence-electron chi connectivity index (χ3n) is 11.2. The monoisotopic (exact) mass is 897 g/mol. The summed E-state index contributed by atoms with van der Waals surface area (Å²) in [6.07, 6.45) is 22.2. The van der Waals surface area contributed by atoms with Crippen LogP contribution < -0.4 is 0 Å². The summed E-state index contributed by atoms with van der Waals surface area (Å²) in [5.74, 6) is -0.887. The van der Waals surface area contributed by atoms with E-state index in [2.05, 4.69) is 13.8 Å². The Balaban J connectivity index is 2.60. The van der Waals surface area contributed by atoms with E-state index in [1.165, 1.54) is 116 Å². The van der Waals surface area contributed by atoms with Crippen LogP contribution in [-0.4, -0.2) is 128 Å². The number of hydrogen-bond acceptors (Lipinski definition) is 12. The zero-order chi connectivity index (χ0) is 45.2. The molecular weight excluding hydrogens is 805 g/mol. The number of nitrogens with zero attached hydrogens (tertiary/aromatic N) is 1. The maximum atomic E-state index is 12.9. The van der Waals surface area contributed by atoms with Crippen LogP contribution in [0.15, 0.2) is 0 Å². The van der Waals surface area contributed by atoms with Gasteiger partial charge in [-0.3, -0.25) is 18.6 Å². The van der Waals surface area contributed by atoms with E-state index in [0.717, 1.165) is 38.5 Å². The van der Waals surface area contributed by atoms with Crippen molar-refractivity contribution in [1.82, 2.24) is 0 Å². The standard InChI is InChI=1S/C46H90NO13P/c1-6-8-10-12-14-16-18-20-22-24-26-28-30-32-41(48)55-36-39(59-42(49)33-31-29-27-25-23-21-19-17-15-13-11-9-7-2)37-56-46-45(52)44(51)43(50)40(60-46)38-58-61(53,54)57-35-34-47(3,4)5/h39-40,43-46,50-52H,6-38H2,1-5H3/p+1/t39-,40+,43+,44-,45+,46-/m0/s1. The first kappa shape index (κ1) is 57.8. The molecule has 1 aliphatic heterocycles. The molecule has 61 heavy (non-hydrogen) atoms. The van der Waals surface area contributed by atoms with Crippen LogP contribution in [0.4, 0.5) is 0 Å². The highest BCUT2D eigenvalue weighted by Gasteiger charge is 2.45. The topological polar surface area (TPSA) is 188 Å². The van der Waals surface area contributed by atoms with Gasteiger partial charge in [-0.25, -0.2) is 4.57 Å². The van der Waals surface area contributed by atoms with E-state index in [4.69, 9.17) is 28.0 Å². The molecule has 362 valence electrons. The highest BCUT2D eigenvalue weighted by molar-refractivity contribution is 7.47. The van der Waals surface area contributed by atoms with E-state index < -0.39 is 63.2 Å². The number of quaternary nitrogens is 1. The molecule has 1 heterocycles. The summed E-state index contributed by atoms with van der Waals surface area (Å²) < 4.78 is 45.6. The lowest BCUT2D eigenvalue weighted by Crippen LogP contribution is -2.59. The van der Waals surface area contributed by atoms with Crippen molar-refractivity contribution >= 4 is 19.8 Å². The molecule has 1 unspecified atom stereocenters. The summed E-state index contributed by atoms with van der Waals surface area (Å²) in [5, 5.41) is 31.8. The van der Waals surface area contributed by atoms with Gasteiger partial charge in [-0.15, -0.1) is 0 Å². The minimum absolute atomic E-state index is 0.0676. The average Bonchev–Trinajstić information content (AvgIpc) is 3.21. The van der Waals surface area contributed by atoms with Crippen molar-refractivity contribution in [3.05, 3.63) is 0 Å². The first-order valence-corrected chi connectivity index (χ1v) is 25.8. The summed E-state index contributed by atoms with van der Waals surface area (Å²) in [5.41, 5.74) is 0. The maximum Gasteiger partial charge on any atom is 0.472 e. The number of phosphoric ester groups is 1. The zero-order valence-electron chi connectivity index (χ0n) is 39.2. The molecule has 7 atom stereocenters. The van der Waals surface area contributed by atoms with Crippen LogP contribution in [0.5, 0.6) is 0 Å². The maximum absolute atomic E-state index is 12.9. The summed E-state index contributed by atoms with van der Waals surface area (Å²) in [6, 6.07) is 0. The van der Waals surface area contributed by atoms with E-state index in [1.54, 1.807) is 0 Å². The predicted octanol–water partition coefficient (Wildman–Crippen LogP) is 9.07. The Labute approximate surface area is 370 Å². The fourth-order valence-electron chi connectivity index (χ4n) is 7.22. The van der Waals surface area contributed by atoms with Crippen molar-refractivity contribution in [3.63, 3.8) is 0 Å². The Morgan fingerprint density at radius 1 is 0.590 bits per heavy atom. The second-order valence-electron chi connectivity index (χ2n) is 18.2. The molecule has 0 saturated carbocycles. The smallest absolute Gasteiger partial charge is 0.462 e. The molecule has 0 amide bonds. The number of likely N-dealkylation sites (N-methyl/N-ethyl adjacent to an activating group) is 1. The number of aliphatic hydroxyl groups is 3. The van der Waals surface area contributed by atoms with Gasteiger partial charge in [0.25, 0.3) is 0 Å². The molecule has 0 aromatic rings. The molecule has 0 aromatic carbocycles. The van der Waals surface area contributed by atoms with Gasteiger partial charge in [0.15, 0.2) is 12.4 Å². The third kappa shape index (κ3) is 32.2. The van der Waals surface area contributed by atoms with Crippen molar-refractivity contribution in [2.75, 3.05) is 54.1 Å². The quantitative estimate of drug-likeness (QED) is 0.0197. The Morgan fingerprint density at radius 3 is 1.46 bits per heavy atom. The molecule has 14 nitrogen and oxygen atoms in total. The van der Waals surface area contributed by atoms with Gasteiger partial charge in [-0.2, -0.15) is 0 Å². The van der Waals surface area contributed by atoms with Crippen molar-refractivity contribution in [1.29, 1.82) is 0 Å². The Morgan fingerprint density at radius 2 is 1.02 bits per heavy atom. The van der Waals surface area contributed by atoms with Crippen molar-refractivity contribution in [3.8, 4) is 0 Å². The number of phosphoric acid groups is 1. The van der Waals surface area contributed by atoms with E-state index in [0.29, 0.717) is 23.9 Å². The number of aliphatic hydroxyl groups excluding tert-OH is 3. The van der Waals surface area contributed by atoms with Crippen LogP contribution >= 0.6 is 7.82 Å². The fraction of sp³-hybridized carbons (Fsp3) is 0.957. The Hall–Kier alpha value is -1.19. The number of unbranched alkanes of at least 4 members (excludes halogenated alkanes) is 24. The van der Waals surface area contributed by atoms with Gasteiger partial charge < -0.3 is 43.6 Å². The van der Waals surface area contributed by atoms with E-state index in [-0.39, 0.29) is 32.7 Å². The fourth-order valence-corrected chi connectivity index (χ4v) is 7.94. The minimum Gasteiger partial charge on any atom is -0.462 e. The molecule has 1 saturated heterocycles. The number of rotatable bonds is 41. The highest BCUT2D eigenvalue weighted by atomic mass is 31.2. The molecule has 0 radical (unpaired) electrons. The highest BCUT2D eigenvalue weighted by Crippen LogP contribution is 2.43. The number of carbonyl (C=O) groups is 2. The molecule has 0 aromatic heterocycles. The van der Waals surface area contributed by atoms with Gasteiger partial charge in [0.1, 0.15) is 44.2 Å². The van der Waals surface area contributed by atoms with Gasteiger partial charge in [0, 0.05) is 12.8 Å². The average molecular weight is 897 g/mol. The second-order valence-corrected chi connectivity index (χ2v) is 19.7. The number of hydrogen-bond donors (Lipinski definition) is 4. The first-order chi connectivity index (χ1) is 29.2. The summed E-state index contributed by atoms with van der Waals surface area (Å²) in [6.45, 7) is 3.54. The SMILES string of the molecule is CCCCCCCCCCCCCCCC(=O)OC[C@@H](CO[C@H]1O[C@H](COP(=O)(O)OCC[N+](C)(C)C)[C@@H](O)[C@H](O)[C@H]1O)OC(=O)CCCCCCCCCCCCCCC. The van der Waals surface area contributed by atoms with Crippen LogP contribution in [0, 0.1) is 0 Å². The predicted molar refractivity (Wildman–Crippen MR) is 239 cm³/mol. The molecule has 4 N–H and O–H groups in total. The Kier molecular flexibility index (Phi) is 34.2. The molecule has 15 heteroatoms. The lowest BCUT2D eigenvalue weighted by molar-refractivity contribution is -0.870. The van der Waals surface area contributed by atoms with Crippen molar-refractivity contribution < 1.29 is 66.8 Å². The lowest BCUT2D eigenvalue weighted by atomic mass is 9.99. The molecular formula is C46H91NO13P+. The zero-order valence-corrected chi connectivity index (χ0v) is 40.1. The van der Waals surface area contributed by atoms with Crippen LogP contribution in [0.3, 0.4) is 0 Å². The first-order valence-electron chi connectivity index (χ1n) is 24.3. The molecule has 0 spiro atoms. The molecule has 0 aliphatic carbocycles. The molecule has 1 aliphatic rings. The normalized spacial score (nSPS) is 21.0. The van der Waals surface area contributed by atoms with Crippen LogP contribution in [-0.2, 0) is 42.1 Å². The summed E-state index contributed by atoms with van der Waals surface area (Å²) in [7, 11) is 1.14. The van der Waals surface area contributed by atoms with Gasteiger partial charge >= 0.3 is 19.8 Å². The van der Waals surface area contributed by atoms with Crippen LogP contribution in [0.25, 0.3) is 0 Å². The summed E-state index contributed by atoms with van der Waals surface area (Å²) in [4.78, 5) is 35.8. The van der Waals surface area contributed by atoms with Gasteiger partial charge in [-0.1, -0.05) is 168 Å². The minimum atomic E-state index is -4.53. The molecule has 1 fully saturated rings. The van der Waals surface area contributed by atoms with Crippen LogP contribution in [0.1, 0.15) is 194 Å². The number of carbonyl (C=O) groups excluding carboxylic acids is 2. The van der Waals surface area contributed by atoms with Crippen LogP contribution in [0.2, 0.25) is 0 Å². The summed E-state index contributed by atoms with van der Waals surface area (Å²) >= 11 is 0. The van der Waals surface area contributed by atoms with Gasteiger partial charge in [0.2, 0.25) is 0 Å². The van der Waals surface area contributed by atoms with E-state index in [1.807, 2.05) is 21.1 Å². The van der Waals surface area contributed by atoms with Crippen molar-refractivity contribution in [2.45, 2.75) is 230 Å². The molecule has 0 bridgehead atoms. The van der Waals surface area contributed by atoms with E-state index >= 15 is 0 Å². The lowest BCUT2D eigenvalue weighted by Gasteiger charge is -2.40. The van der Waals surface area contributed by atoms with E-state index in [9.17, 15) is 34.4 Å². The second kappa shape index (κ2) is 36.1. The van der Waals surface area contributed by atoms with Crippen molar-refractivity contribution in [2.24, 2.45) is 0 Å². The number of esters is 2. The third-order valence-corrected chi connectivity index (χ3v) is 12.2. The Bertz CT molecular complexity index is 1130.